The average Bonchev–Trinajstić information content (AvgIpc) is 2.93. The normalized spacial score (nSPS) is 10.6. The highest BCUT2D eigenvalue weighted by Crippen LogP contribution is 2.27. The van der Waals surface area contributed by atoms with Crippen molar-refractivity contribution >= 4 is 5.97 Å². The zero-order valence-electron chi connectivity index (χ0n) is 20.3. The van der Waals surface area contributed by atoms with Crippen LogP contribution in [0.25, 0.3) is 22.3 Å². The van der Waals surface area contributed by atoms with Gasteiger partial charge >= 0.3 is 5.97 Å². The number of rotatable bonds is 8. The molecule has 0 aliphatic heterocycles. The van der Waals surface area contributed by atoms with Crippen LogP contribution in [0.2, 0.25) is 0 Å². The SMILES string of the molecule is N#Cc1ccc(-c2ccc(CCC/C=C/C(=O)Oc3ccc(-c4ccc(C#N)cc4)c(F)c3)cc2F)cc1. The van der Waals surface area contributed by atoms with Crippen LogP contribution in [-0.2, 0) is 11.2 Å². The van der Waals surface area contributed by atoms with Gasteiger partial charge in [0.1, 0.15) is 17.4 Å². The van der Waals surface area contributed by atoms with Crippen LogP contribution in [0, 0.1) is 34.3 Å². The van der Waals surface area contributed by atoms with E-state index in [1.807, 2.05) is 18.2 Å². The number of allylic oxidation sites excluding steroid dienone is 1. The zero-order valence-corrected chi connectivity index (χ0v) is 20.3. The second kappa shape index (κ2) is 12.3. The molecule has 6 heteroatoms. The molecule has 0 amide bonds. The number of carbonyl (C=O) groups excluding carboxylic acids is 1. The maximum absolute atomic E-state index is 14.6. The predicted molar refractivity (Wildman–Crippen MR) is 141 cm³/mol. The van der Waals surface area contributed by atoms with Crippen molar-refractivity contribution in [2.45, 2.75) is 19.3 Å². The quantitative estimate of drug-likeness (QED) is 0.108. The van der Waals surface area contributed by atoms with Gasteiger partial charge in [0.25, 0.3) is 0 Å². The number of nitriles is 2. The van der Waals surface area contributed by atoms with Gasteiger partial charge in [-0.15, -0.1) is 0 Å². The molecule has 0 saturated heterocycles. The van der Waals surface area contributed by atoms with Gasteiger partial charge in [0.15, 0.2) is 0 Å². The maximum Gasteiger partial charge on any atom is 0.335 e. The summed E-state index contributed by atoms with van der Waals surface area (Å²) in [5, 5.41) is 17.8. The lowest BCUT2D eigenvalue weighted by atomic mass is 10.00. The van der Waals surface area contributed by atoms with Crippen molar-refractivity contribution < 1.29 is 18.3 Å². The fourth-order valence-corrected chi connectivity index (χ4v) is 3.94. The monoisotopic (exact) mass is 504 g/mol. The van der Waals surface area contributed by atoms with Crippen molar-refractivity contribution in [2.75, 3.05) is 0 Å². The Morgan fingerprint density at radius 3 is 1.84 bits per heavy atom. The Kier molecular flexibility index (Phi) is 8.39. The van der Waals surface area contributed by atoms with Gasteiger partial charge in [-0.1, -0.05) is 42.5 Å². The number of nitrogens with zero attached hydrogens (tertiary/aromatic N) is 2. The third-order valence-electron chi connectivity index (χ3n) is 5.93. The van der Waals surface area contributed by atoms with Crippen LogP contribution in [0.15, 0.2) is 97.1 Å². The van der Waals surface area contributed by atoms with Crippen LogP contribution in [0.4, 0.5) is 8.78 Å². The summed E-state index contributed by atoms with van der Waals surface area (Å²) in [7, 11) is 0. The molecule has 4 rings (SSSR count). The van der Waals surface area contributed by atoms with Crippen molar-refractivity contribution in [3.8, 4) is 40.1 Å². The highest BCUT2D eigenvalue weighted by Gasteiger charge is 2.09. The molecule has 0 atom stereocenters. The summed E-state index contributed by atoms with van der Waals surface area (Å²) in [5.74, 6) is -1.40. The minimum Gasteiger partial charge on any atom is -0.423 e. The first kappa shape index (κ1) is 26.0. The number of carbonyl (C=O) groups is 1. The van der Waals surface area contributed by atoms with Crippen LogP contribution >= 0.6 is 0 Å². The van der Waals surface area contributed by atoms with E-state index in [1.165, 1.54) is 24.3 Å². The molecule has 0 radical (unpaired) electrons. The Labute approximate surface area is 219 Å². The first-order valence-corrected chi connectivity index (χ1v) is 11.9. The van der Waals surface area contributed by atoms with Gasteiger partial charge in [0.2, 0.25) is 0 Å². The highest BCUT2D eigenvalue weighted by atomic mass is 19.1. The van der Waals surface area contributed by atoms with E-state index >= 15 is 0 Å². The van der Waals surface area contributed by atoms with Gasteiger partial charge in [-0.3, -0.25) is 0 Å². The number of esters is 1. The number of hydrogen-bond acceptors (Lipinski definition) is 4. The fraction of sp³-hybridized carbons (Fsp3) is 0.0938. The van der Waals surface area contributed by atoms with Gasteiger partial charge in [-0.25, -0.2) is 13.6 Å². The molecule has 0 spiro atoms. The maximum atomic E-state index is 14.6. The molecule has 0 aliphatic carbocycles. The summed E-state index contributed by atoms with van der Waals surface area (Å²) in [6.45, 7) is 0. The van der Waals surface area contributed by atoms with Crippen LogP contribution in [0.1, 0.15) is 29.5 Å². The summed E-state index contributed by atoms with van der Waals surface area (Å²) in [6, 6.07) is 26.6. The summed E-state index contributed by atoms with van der Waals surface area (Å²) >= 11 is 0. The summed E-state index contributed by atoms with van der Waals surface area (Å²) in [6.07, 6.45) is 4.88. The number of ether oxygens (including phenoxy) is 1. The van der Waals surface area contributed by atoms with Crippen LogP contribution in [0.3, 0.4) is 0 Å². The minimum absolute atomic E-state index is 0.0902. The van der Waals surface area contributed by atoms with E-state index in [0.29, 0.717) is 52.6 Å². The van der Waals surface area contributed by atoms with E-state index < -0.39 is 11.8 Å². The number of hydrogen-bond donors (Lipinski definition) is 0. The number of aryl methyl sites for hydroxylation is 1. The van der Waals surface area contributed by atoms with Gasteiger partial charge in [0, 0.05) is 23.3 Å². The largest absolute Gasteiger partial charge is 0.423 e. The molecule has 4 aromatic carbocycles. The molecular weight excluding hydrogens is 482 g/mol. The van der Waals surface area contributed by atoms with Crippen molar-refractivity contribution in [1.82, 2.24) is 0 Å². The molecule has 4 nitrogen and oxygen atoms in total. The first-order chi connectivity index (χ1) is 18.5. The molecular formula is C32H22F2N2O2. The fourth-order valence-electron chi connectivity index (χ4n) is 3.94. The number of unbranched alkanes of at least 4 members (excludes halogenated alkanes) is 1. The standard InChI is InChI=1S/C32H22F2N2O2/c33-30-18-22(10-16-28(30)25-11-6-23(20-35)7-12-25)4-2-1-3-5-32(37)38-27-15-17-29(31(34)19-27)26-13-8-24(21-36)9-14-26/h3,5-19H,1-2,4H2/b5-3+. The van der Waals surface area contributed by atoms with E-state index in [0.717, 1.165) is 11.6 Å². The van der Waals surface area contributed by atoms with Crippen molar-refractivity contribution in [3.05, 3.63) is 125 Å². The Bertz CT molecular complexity index is 1560. The molecule has 38 heavy (non-hydrogen) atoms. The molecule has 0 aliphatic rings. The first-order valence-electron chi connectivity index (χ1n) is 11.9. The molecule has 0 aromatic heterocycles. The van der Waals surface area contributed by atoms with E-state index in [9.17, 15) is 13.6 Å². The molecule has 186 valence electrons. The van der Waals surface area contributed by atoms with Gasteiger partial charge in [-0.05, 0) is 78.4 Å². The predicted octanol–water partition coefficient (Wildman–Crippen LogP) is 7.53. The van der Waals surface area contributed by atoms with E-state index in [2.05, 4.69) is 0 Å². The summed E-state index contributed by atoms with van der Waals surface area (Å²) in [5.41, 5.74) is 3.98. The number of benzene rings is 4. The zero-order chi connectivity index (χ0) is 26.9. The Balaban J connectivity index is 1.26. The summed E-state index contributed by atoms with van der Waals surface area (Å²) in [4.78, 5) is 12.1. The Morgan fingerprint density at radius 2 is 1.32 bits per heavy atom. The highest BCUT2D eigenvalue weighted by molar-refractivity contribution is 5.84. The van der Waals surface area contributed by atoms with E-state index in [-0.39, 0.29) is 11.6 Å². The van der Waals surface area contributed by atoms with Crippen molar-refractivity contribution in [1.29, 1.82) is 10.5 Å². The summed E-state index contributed by atoms with van der Waals surface area (Å²) < 4.78 is 34.4. The second-order valence-electron chi connectivity index (χ2n) is 8.55. The molecule has 4 aromatic rings. The Morgan fingerprint density at radius 1 is 0.763 bits per heavy atom. The lowest BCUT2D eigenvalue weighted by molar-refractivity contribution is -0.129. The van der Waals surface area contributed by atoms with Crippen LogP contribution in [-0.4, -0.2) is 5.97 Å². The molecule has 0 heterocycles. The molecule has 0 bridgehead atoms. The van der Waals surface area contributed by atoms with Crippen molar-refractivity contribution in [3.63, 3.8) is 0 Å². The average molecular weight is 505 g/mol. The smallest absolute Gasteiger partial charge is 0.335 e. The topological polar surface area (TPSA) is 73.9 Å². The van der Waals surface area contributed by atoms with Crippen LogP contribution < -0.4 is 4.74 Å². The van der Waals surface area contributed by atoms with Crippen LogP contribution in [0.5, 0.6) is 5.75 Å². The molecule has 0 saturated carbocycles. The lowest BCUT2D eigenvalue weighted by Gasteiger charge is -2.07. The second-order valence-corrected chi connectivity index (χ2v) is 8.55. The van der Waals surface area contributed by atoms with E-state index in [4.69, 9.17) is 15.3 Å². The lowest BCUT2D eigenvalue weighted by Crippen LogP contribution is -2.04. The minimum atomic E-state index is -0.617. The van der Waals surface area contributed by atoms with E-state index in [1.54, 1.807) is 60.7 Å². The van der Waals surface area contributed by atoms with Gasteiger partial charge in [-0.2, -0.15) is 10.5 Å². The molecule has 0 N–H and O–H groups in total. The third kappa shape index (κ3) is 6.57. The number of halogens is 2. The Hall–Kier alpha value is -5.07. The van der Waals surface area contributed by atoms with Crippen molar-refractivity contribution in [2.24, 2.45) is 0 Å². The molecule has 0 fully saturated rings. The molecule has 0 unspecified atom stereocenters. The van der Waals surface area contributed by atoms with Gasteiger partial charge < -0.3 is 4.74 Å². The van der Waals surface area contributed by atoms with Gasteiger partial charge in [0.05, 0.1) is 23.3 Å². The third-order valence-corrected chi connectivity index (χ3v) is 5.93.